The zero-order valence-electron chi connectivity index (χ0n) is 12.4. The lowest BCUT2D eigenvalue weighted by atomic mass is 10.4. The maximum absolute atomic E-state index is 9.19. The molecule has 0 radical (unpaired) electrons. The van der Waals surface area contributed by atoms with Crippen molar-refractivity contribution in [2.75, 3.05) is 56.4 Å². The number of ether oxygens (including phenoxy) is 1. The van der Waals surface area contributed by atoms with Gasteiger partial charge in [0.15, 0.2) is 5.16 Å². The molecule has 0 aromatic carbocycles. The highest BCUT2D eigenvalue weighted by atomic mass is 32.2. The van der Waals surface area contributed by atoms with Gasteiger partial charge in [0.25, 0.3) is 0 Å². The second-order valence-corrected chi connectivity index (χ2v) is 5.00. The molecule has 1 rings (SSSR count). The predicted octanol–water partition coefficient (Wildman–Crippen LogP) is 1.47. The topological polar surface area (TPSA) is 70.5 Å². The van der Waals surface area contributed by atoms with Crippen LogP contribution in [0.3, 0.4) is 0 Å². The van der Waals surface area contributed by atoms with Gasteiger partial charge in [0, 0.05) is 32.8 Å². The van der Waals surface area contributed by atoms with E-state index in [1.165, 1.54) is 11.8 Å². The molecule has 1 heterocycles. The van der Waals surface area contributed by atoms with Gasteiger partial charge in [0.2, 0.25) is 0 Å². The Morgan fingerprint density at radius 3 is 2.80 bits per heavy atom. The summed E-state index contributed by atoms with van der Waals surface area (Å²) in [5, 5.41) is 13.2. The number of hydrogen-bond acceptors (Lipinski definition) is 7. The molecule has 7 heteroatoms. The molecule has 0 amide bonds. The van der Waals surface area contributed by atoms with E-state index >= 15 is 0 Å². The fourth-order valence-electron chi connectivity index (χ4n) is 1.67. The van der Waals surface area contributed by atoms with E-state index in [0.717, 1.165) is 29.8 Å². The number of nitrogens with zero attached hydrogens (tertiary/aromatic N) is 3. The normalized spacial score (nSPS) is 10.6. The molecule has 0 bridgehead atoms. The minimum Gasteiger partial charge on any atom is -0.395 e. The number of aromatic nitrogens is 2. The van der Waals surface area contributed by atoms with E-state index in [1.54, 1.807) is 7.11 Å². The van der Waals surface area contributed by atoms with Crippen LogP contribution in [0.2, 0.25) is 0 Å². The first-order chi connectivity index (χ1) is 9.74. The lowest BCUT2D eigenvalue weighted by Gasteiger charge is -2.23. The minimum absolute atomic E-state index is 0.0834. The first-order valence-corrected chi connectivity index (χ1v) is 7.99. The predicted molar refractivity (Wildman–Crippen MR) is 83.8 cm³/mol. The Morgan fingerprint density at radius 1 is 1.40 bits per heavy atom. The Hall–Kier alpha value is -1.05. The summed E-state index contributed by atoms with van der Waals surface area (Å²) < 4.78 is 5.10. The molecule has 0 saturated carbocycles. The number of nitrogens with one attached hydrogen (secondary N) is 1. The summed E-state index contributed by atoms with van der Waals surface area (Å²) in [7, 11) is 1.67. The first-order valence-electron chi connectivity index (χ1n) is 6.76. The van der Waals surface area contributed by atoms with Crippen LogP contribution in [0.15, 0.2) is 11.2 Å². The molecule has 0 aliphatic heterocycles. The Balaban J connectivity index is 2.92. The van der Waals surface area contributed by atoms with Crippen molar-refractivity contribution >= 4 is 23.4 Å². The van der Waals surface area contributed by atoms with Gasteiger partial charge in [0.1, 0.15) is 11.6 Å². The van der Waals surface area contributed by atoms with Crippen LogP contribution in [-0.4, -0.2) is 61.3 Å². The van der Waals surface area contributed by atoms with Gasteiger partial charge >= 0.3 is 0 Å². The summed E-state index contributed by atoms with van der Waals surface area (Å²) in [5.74, 6) is 1.63. The van der Waals surface area contributed by atoms with Crippen molar-refractivity contribution in [1.82, 2.24) is 9.97 Å². The number of aliphatic hydroxyl groups excluding tert-OH is 1. The van der Waals surface area contributed by atoms with Gasteiger partial charge in [-0.15, -0.1) is 0 Å². The molecule has 0 atom stereocenters. The third-order valence-corrected chi connectivity index (χ3v) is 3.24. The van der Waals surface area contributed by atoms with Gasteiger partial charge in [-0.05, 0) is 12.7 Å². The van der Waals surface area contributed by atoms with E-state index in [4.69, 9.17) is 4.74 Å². The lowest BCUT2D eigenvalue weighted by Crippen LogP contribution is -2.31. The second-order valence-electron chi connectivity index (χ2n) is 4.23. The number of anilines is 2. The van der Waals surface area contributed by atoms with E-state index in [1.807, 2.05) is 17.2 Å². The van der Waals surface area contributed by atoms with Crippen LogP contribution in [0.1, 0.15) is 13.3 Å². The molecule has 1 aromatic heterocycles. The molecule has 0 aliphatic rings. The maximum atomic E-state index is 9.19. The van der Waals surface area contributed by atoms with Gasteiger partial charge in [-0.3, -0.25) is 0 Å². The third-order valence-electron chi connectivity index (χ3n) is 2.69. The number of hydrogen-bond donors (Lipinski definition) is 2. The highest BCUT2D eigenvalue weighted by molar-refractivity contribution is 7.98. The van der Waals surface area contributed by atoms with Crippen LogP contribution in [0.5, 0.6) is 0 Å². The third kappa shape index (κ3) is 5.52. The second kappa shape index (κ2) is 9.79. The van der Waals surface area contributed by atoms with Gasteiger partial charge in [-0.25, -0.2) is 9.97 Å². The zero-order chi connectivity index (χ0) is 14.8. The summed E-state index contributed by atoms with van der Waals surface area (Å²) in [4.78, 5) is 10.9. The molecular weight excluding hydrogens is 276 g/mol. The fraction of sp³-hybridized carbons (Fsp3) is 0.692. The van der Waals surface area contributed by atoms with Crippen LogP contribution in [-0.2, 0) is 4.74 Å². The molecule has 2 N–H and O–H groups in total. The van der Waals surface area contributed by atoms with Crippen molar-refractivity contribution in [2.45, 2.75) is 18.5 Å². The summed E-state index contributed by atoms with van der Waals surface area (Å²) in [6, 6.07) is 1.92. The van der Waals surface area contributed by atoms with Crippen LogP contribution in [0.4, 0.5) is 11.6 Å². The summed E-state index contributed by atoms with van der Waals surface area (Å²) in [6.07, 6.45) is 2.99. The smallest absolute Gasteiger partial charge is 0.191 e. The van der Waals surface area contributed by atoms with Gasteiger partial charge in [-0.2, -0.15) is 0 Å². The highest BCUT2D eigenvalue weighted by Gasteiger charge is 2.11. The monoisotopic (exact) mass is 300 g/mol. The molecule has 0 spiro atoms. The van der Waals surface area contributed by atoms with E-state index in [0.29, 0.717) is 19.7 Å². The van der Waals surface area contributed by atoms with E-state index in [9.17, 15) is 5.11 Å². The molecule has 0 fully saturated rings. The van der Waals surface area contributed by atoms with Gasteiger partial charge in [-0.1, -0.05) is 18.7 Å². The first kappa shape index (κ1) is 17.0. The van der Waals surface area contributed by atoms with Crippen molar-refractivity contribution in [1.29, 1.82) is 0 Å². The summed E-state index contributed by atoms with van der Waals surface area (Å²) in [6.45, 7) is 4.89. The van der Waals surface area contributed by atoms with E-state index < -0.39 is 0 Å². The van der Waals surface area contributed by atoms with Crippen LogP contribution in [0, 0.1) is 0 Å². The molecule has 20 heavy (non-hydrogen) atoms. The van der Waals surface area contributed by atoms with E-state index in [2.05, 4.69) is 22.2 Å². The number of methoxy groups -OCH3 is 1. The molecular formula is C13H24N4O2S. The SMILES string of the molecule is CCCNc1cc(N(CCO)CCOC)nc(SC)n1. The Kier molecular flexibility index (Phi) is 8.32. The van der Waals surface area contributed by atoms with Crippen molar-refractivity contribution in [3.8, 4) is 0 Å². The summed E-state index contributed by atoms with van der Waals surface area (Å²) >= 11 is 1.51. The Labute approximate surface area is 124 Å². The quantitative estimate of drug-likeness (QED) is 0.501. The molecule has 114 valence electrons. The molecule has 0 aliphatic carbocycles. The van der Waals surface area contributed by atoms with Crippen LogP contribution < -0.4 is 10.2 Å². The van der Waals surface area contributed by atoms with Crippen LogP contribution >= 0.6 is 11.8 Å². The average molecular weight is 300 g/mol. The largest absolute Gasteiger partial charge is 0.395 e. The van der Waals surface area contributed by atoms with Crippen molar-refractivity contribution < 1.29 is 9.84 Å². The van der Waals surface area contributed by atoms with Crippen molar-refractivity contribution in [3.05, 3.63) is 6.07 Å². The summed E-state index contributed by atoms with van der Waals surface area (Å²) in [5.41, 5.74) is 0. The average Bonchev–Trinajstić information content (AvgIpc) is 2.49. The van der Waals surface area contributed by atoms with Gasteiger partial charge < -0.3 is 20.1 Å². The standard InChI is InChI=1S/C13H24N4O2S/c1-4-5-14-11-10-12(16-13(15-11)20-3)17(6-8-18)7-9-19-2/h10,18H,4-9H2,1-3H3,(H,14,15,16). The molecule has 6 nitrogen and oxygen atoms in total. The zero-order valence-corrected chi connectivity index (χ0v) is 13.2. The van der Waals surface area contributed by atoms with Crippen LogP contribution in [0.25, 0.3) is 0 Å². The molecule has 1 aromatic rings. The maximum Gasteiger partial charge on any atom is 0.191 e. The van der Waals surface area contributed by atoms with Crippen molar-refractivity contribution in [3.63, 3.8) is 0 Å². The highest BCUT2D eigenvalue weighted by Crippen LogP contribution is 2.20. The van der Waals surface area contributed by atoms with Crippen molar-refractivity contribution in [2.24, 2.45) is 0 Å². The number of rotatable bonds is 10. The number of thioether (sulfide) groups is 1. The Morgan fingerprint density at radius 2 is 2.20 bits per heavy atom. The van der Waals surface area contributed by atoms with E-state index in [-0.39, 0.29) is 6.61 Å². The fourth-order valence-corrected chi connectivity index (χ4v) is 2.05. The minimum atomic E-state index is 0.0834. The molecule has 0 unspecified atom stereocenters. The Bertz CT molecular complexity index is 393. The number of aliphatic hydroxyl groups is 1. The lowest BCUT2D eigenvalue weighted by molar-refractivity contribution is 0.202. The van der Waals surface area contributed by atoms with Gasteiger partial charge in [0.05, 0.1) is 13.2 Å². The molecule has 0 saturated heterocycles.